The maximum absolute atomic E-state index is 14.1. The Labute approximate surface area is 219 Å². The number of carbonyl (C=O) groups is 2. The van der Waals surface area contributed by atoms with Gasteiger partial charge in [-0.05, 0) is 38.1 Å². The molecule has 0 aliphatic carbocycles. The van der Waals surface area contributed by atoms with Gasteiger partial charge in [-0.15, -0.1) is 0 Å². The molecule has 0 bridgehead atoms. The van der Waals surface area contributed by atoms with Crippen molar-refractivity contribution < 1.29 is 27.5 Å². The standard InChI is InChI=1S/C27H31F2N5O4/c1-27(2,16-33-11-9-32(10-12-33)15-20-21(28)5-4-6-22(20)29)34(26(36)25(30)35)18-7-8-19(23(13-18)37-3)24-14-31-17-38-24/h4-8,13-14,17H,9-12,15-16H2,1-3H3,(H2,30,35). The number of methoxy groups -OCH3 is 1. The molecule has 11 heteroatoms. The molecule has 202 valence electrons. The van der Waals surface area contributed by atoms with Gasteiger partial charge >= 0.3 is 11.8 Å². The van der Waals surface area contributed by atoms with Gasteiger partial charge in [0.15, 0.2) is 12.2 Å². The molecule has 2 heterocycles. The zero-order valence-corrected chi connectivity index (χ0v) is 21.6. The largest absolute Gasteiger partial charge is 0.496 e. The number of anilines is 1. The molecule has 2 N–H and O–H groups in total. The zero-order valence-electron chi connectivity index (χ0n) is 21.6. The monoisotopic (exact) mass is 527 g/mol. The predicted octanol–water partition coefficient (Wildman–Crippen LogP) is 3.04. The third-order valence-electron chi connectivity index (χ3n) is 6.68. The lowest BCUT2D eigenvalue weighted by atomic mass is 9.98. The van der Waals surface area contributed by atoms with Gasteiger partial charge in [0, 0.05) is 56.6 Å². The van der Waals surface area contributed by atoms with Gasteiger partial charge < -0.3 is 14.9 Å². The van der Waals surface area contributed by atoms with Crippen LogP contribution >= 0.6 is 0 Å². The molecule has 0 spiro atoms. The van der Waals surface area contributed by atoms with Gasteiger partial charge in [0.25, 0.3) is 0 Å². The number of aromatic nitrogens is 1. The normalized spacial score (nSPS) is 14.9. The van der Waals surface area contributed by atoms with Crippen LogP contribution in [-0.4, -0.2) is 72.0 Å². The van der Waals surface area contributed by atoms with Crippen molar-refractivity contribution in [2.75, 3.05) is 44.7 Å². The van der Waals surface area contributed by atoms with Crippen LogP contribution in [0.15, 0.2) is 53.4 Å². The van der Waals surface area contributed by atoms with Crippen LogP contribution in [-0.2, 0) is 16.1 Å². The van der Waals surface area contributed by atoms with Gasteiger partial charge in [0.1, 0.15) is 17.4 Å². The van der Waals surface area contributed by atoms with E-state index in [-0.39, 0.29) is 12.1 Å². The summed E-state index contributed by atoms with van der Waals surface area (Å²) in [4.78, 5) is 34.5. The van der Waals surface area contributed by atoms with Crippen LogP contribution in [0.5, 0.6) is 5.75 Å². The molecule has 1 aliphatic rings. The molecule has 4 rings (SSSR count). The Hall–Kier alpha value is -3.83. The highest BCUT2D eigenvalue weighted by Crippen LogP contribution is 2.36. The molecule has 3 aromatic rings. The van der Waals surface area contributed by atoms with E-state index in [1.165, 1.54) is 36.6 Å². The van der Waals surface area contributed by atoms with Crippen LogP contribution in [0.4, 0.5) is 14.5 Å². The fourth-order valence-electron chi connectivity index (χ4n) is 4.85. The Morgan fingerprint density at radius 2 is 1.76 bits per heavy atom. The van der Waals surface area contributed by atoms with Crippen LogP contribution < -0.4 is 15.4 Å². The van der Waals surface area contributed by atoms with Crippen molar-refractivity contribution in [2.45, 2.75) is 25.9 Å². The van der Waals surface area contributed by atoms with E-state index in [1.54, 1.807) is 24.4 Å². The molecule has 9 nitrogen and oxygen atoms in total. The van der Waals surface area contributed by atoms with Crippen molar-refractivity contribution in [1.29, 1.82) is 0 Å². The molecule has 0 unspecified atom stereocenters. The fraction of sp³-hybridized carbons (Fsp3) is 0.370. The first-order valence-electron chi connectivity index (χ1n) is 12.2. The third kappa shape index (κ3) is 5.84. The molecule has 2 amide bonds. The van der Waals surface area contributed by atoms with E-state index in [0.29, 0.717) is 55.5 Å². The molecule has 1 saturated heterocycles. The van der Waals surface area contributed by atoms with Crippen LogP contribution in [0.1, 0.15) is 19.4 Å². The molecule has 2 aromatic carbocycles. The van der Waals surface area contributed by atoms with E-state index in [4.69, 9.17) is 14.9 Å². The molecule has 1 aromatic heterocycles. The molecule has 1 aliphatic heterocycles. The van der Waals surface area contributed by atoms with Crippen molar-refractivity contribution in [1.82, 2.24) is 14.8 Å². The predicted molar refractivity (Wildman–Crippen MR) is 137 cm³/mol. The number of benzene rings is 2. The summed E-state index contributed by atoms with van der Waals surface area (Å²) in [6.45, 7) is 6.73. The van der Waals surface area contributed by atoms with Gasteiger partial charge in [-0.2, -0.15) is 0 Å². The number of amides is 2. The lowest BCUT2D eigenvalue weighted by Crippen LogP contribution is -2.59. The van der Waals surface area contributed by atoms with Crippen molar-refractivity contribution in [3.8, 4) is 17.1 Å². The van der Waals surface area contributed by atoms with Crippen molar-refractivity contribution >= 4 is 17.5 Å². The van der Waals surface area contributed by atoms with E-state index in [1.807, 2.05) is 18.7 Å². The van der Waals surface area contributed by atoms with Gasteiger partial charge in [0.2, 0.25) is 0 Å². The molecule has 1 fully saturated rings. The highest BCUT2D eigenvalue weighted by Gasteiger charge is 2.37. The number of halogens is 2. The Kier molecular flexibility index (Phi) is 8.08. The highest BCUT2D eigenvalue weighted by molar-refractivity contribution is 6.40. The summed E-state index contributed by atoms with van der Waals surface area (Å²) in [6.07, 6.45) is 2.86. The highest BCUT2D eigenvalue weighted by atomic mass is 19.1. The fourth-order valence-corrected chi connectivity index (χ4v) is 4.85. The van der Waals surface area contributed by atoms with E-state index in [2.05, 4.69) is 9.88 Å². The second kappa shape index (κ2) is 11.3. The summed E-state index contributed by atoms with van der Waals surface area (Å²) >= 11 is 0. The van der Waals surface area contributed by atoms with E-state index in [9.17, 15) is 18.4 Å². The van der Waals surface area contributed by atoms with Gasteiger partial charge in [-0.25, -0.2) is 13.8 Å². The van der Waals surface area contributed by atoms with Crippen LogP contribution in [0.3, 0.4) is 0 Å². The molecule has 38 heavy (non-hydrogen) atoms. The summed E-state index contributed by atoms with van der Waals surface area (Å²) in [5.41, 5.74) is 5.72. The third-order valence-corrected chi connectivity index (χ3v) is 6.68. The number of hydrogen-bond acceptors (Lipinski definition) is 7. The minimum atomic E-state index is -1.08. The molecule has 0 saturated carbocycles. The number of oxazole rings is 1. The number of hydrogen-bond donors (Lipinski definition) is 1. The van der Waals surface area contributed by atoms with Gasteiger partial charge in [0.05, 0.1) is 24.4 Å². The minimum Gasteiger partial charge on any atom is -0.496 e. The first-order valence-corrected chi connectivity index (χ1v) is 12.2. The molecular formula is C27H31F2N5O4. The van der Waals surface area contributed by atoms with Crippen LogP contribution in [0.2, 0.25) is 0 Å². The summed E-state index contributed by atoms with van der Waals surface area (Å²) in [5.74, 6) is -2.11. The Morgan fingerprint density at radius 3 is 2.34 bits per heavy atom. The average Bonchev–Trinajstić information content (AvgIpc) is 3.42. The van der Waals surface area contributed by atoms with Crippen LogP contribution in [0.25, 0.3) is 11.3 Å². The summed E-state index contributed by atoms with van der Waals surface area (Å²) < 4.78 is 39.1. The number of carbonyl (C=O) groups excluding carboxylic acids is 2. The number of primary amides is 1. The maximum atomic E-state index is 14.1. The SMILES string of the molecule is COc1cc(N(C(=O)C(N)=O)C(C)(C)CN2CCN(Cc3c(F)cccc3F)CC2)ccc1-c1cnco1. The maximum Gasteiger partial charge on any atom is 0.316 e. The Morgan fingerprint density at radius 1 is 1.11 bits per heavy atom. The minimum absolute atomic E-state index is 0.0576. The molecule has 0 radical (unpaired) electrons. The van der Waals surface area contributed by atoms with E-state index < -0.39 is 29.0 Å². The topological polar surface area (TPSA) is 105 Å². The van der Waals surface area contributed by atoms with Gasteiger partial charge in [-0.1, -0.05) is 6.07 Å². The lowest BCUT2D eigenvalue weighted by molar-refractivity contribution is -0.136. The number of nitrogens with two attached hydrogens (primary N) is 1. The second-order valence-electron chi connectivity index (χ2n) is 9.82. The van der Waals surface area contributed by atoms with Crippen molar-refractivity contribution in [3.05, 3.63) is 66.2 Å². The summed E-state index contributed by atoms with van der Waals surface area (Å²) in [7, 11) is 1.50. The lowest BCUT2D eigenvalue weighted by Gasteiger charge is -2.43. The number of rotatable bonds is 8. The summed E-state index contributed by atoms with van der Waals surface area (Å²) in [5, 5.41) is 0. The Balaban J connectivity index is 1.50. The second-order valence-corrected chi connectivity index (χ2v) is 9.82. The quantitative estimate of drug-likeness (QED) is 0.449. The van der Waals surface area contributed by atoms with E-state index in [0.717, 1.165) is 0 Å². The molecular weight excluding hydrogens is 496 g/mol. The number of nitrogens with zero attached hydrogens (tertiary/aromatic N) is 4. The zero-order chi connectivity index (χ0) is 27.4. The van der Waals surface area contributed by atoms with Gasteiger partial charge in [-0.3, -0.25) is 24.3 Å². The van der Waals surface area contributed by atoms with Crippen molar-refractivity contribution in [3.63, 3.8) is 0 Å². The molecule has 0 atom stereocenters. The Bertz CT molecular complexity index is 1270. The first-order chi connectivity index (χ1) is 18.1. The summed E-state index contributed by atoms with van der Waals surface area (Å²) in [6, 6.07) is 8.95. The average molecular weight is 528 g/mol. The van der Waals surface area contributed by atoms with Crippen LogP contribution in [0, 0.1) is 11.6 Å². The van der Waals surface area contributed by atoms with E-state index >= 15 is 0 Å². The number of piperazine rings is 1. The first kappa shape index (κ1) is 27.2. The number of ether oxygens (including phenoxy) is 1. The van der Waals surface area contributed by atoms with Crippen molar-refractivity contribution in [2.24, 2.45) is 5.73 Å². The smallest absolute Gasteiger partial charge is 0.316 e.